The third-order valence-corrected chi connectivity index (χ3v) is 4.45. The van der Waals surface area contributed by atoms with Gasteiger partial charge in [-0.1, -0.05) is 12.1 Å². The third kappa shape index (κ3) is 5.48. The SMILES string of the molecule is CCN(C)C=Nc1cc(C)c(Oc2cccc(C(CO)C(F)(F)F)c2)cc1C. The van der Waals surface area contributed by atoms with Gasteiger partial charge in [0.25, 0.3) is 0 Å². The molecular weight excluding hydrogens is 369 g/mol. The number of aliphatic imine (C=N–C) groups is 1. The van der Waals surface area contributed by atoms with Crippen LogP contribution < -0.4 is 4.74 Å². The van der Waals surface area contributed by atoms with Crippen LogP contribution >= 0.6 is 0 Å². The molecule has 1 unspecified atom stereocenters. The maximum Gasteiger partial charge on any atom is 0.397 e. The molecule has 1 N–H and O–H groups in total. The number of benzene rings is 2. The van der Waals surface area contributed by atoms with Crippen molar-refractivity contribution in [3.8, 4) is 11.5 Å². The summed E-state index contributed by atoms with van der Waals surface area (Å²) >= 11 is 0. The van der Waals surface area contributed by atoms with Crippen molar-refractivity contribution >= 4 is 12.0 Å². The standard InChI is InChI=1S/C21H25F3N2O2/c1-5-26(4)13-25-19-9-15(3)20(10-14(19)2)28-17-8-6-7-16(11-17)18(12-27)21(22,23)24/h6-11,13,18,27H,5,12H2,1-4H3. The van der Waals surface area contributed by atoms with Crippen molar-refractivity contribution in [2.45, 2.75) is 32.9 Å². The van der Waals surface area contributed by atoms with E-state index in [2.05, 4.69) is 4.99 Å². The van der Waals surface area contributed by atoms with E-state index in [1.807, 2.05) is 44.9 Å². The summed E-state index contributed by atoms with van der Waals surface area (Å²) in [6, 6.07) is 9.41. The van der Waals surface area contributed by atoms with E-state index in [0.29, 0.717) is 5.75 Å². The monoisotopic (exact) mass is 394 g/mol. The van der Waals surface area contributed by atoms with Gasteiger partial charge in [-0.15, -0.1) is 0 Å². The van der Waals surface area contributed by atoms with Crippen LogP contribution in [0.25, 0.3) is 0 Å². The predicted octanol–water partition coefficient (Wildman–Crippen LogP) is 5.35. The maximum absolute atomic E-state index is 13.1. The van der Waals surface area contributed by atoms with Gasteiger partial charge >= 0.3 is 6.18 Å². The van der Waals surface area contributed by atoms with Gasteiger partial charge in [-0.3, -0.25) is 0 Å². The third-order valence-electron chi connectivity index (χ3n) is 4.45. The predicted molar refractivity (Wildman–Crippen MR) is 105 cm³/mol. The summed E-state index contributed by atoms with van der Waals surface area (Å²) in [7, 11) is 1.93. The Morgan fingerprint density at radius 3 is 2.50 bits per heavy atom. The zero-order chi connectivity index (χ0) is 20.9. The fourth-order valence-electron chi connectivity index (χ4n) is 2.59. The molecule has 2 aromatic rings. The number of alkyl halides is 3. The molecule has 0 heterocycles. The van der Waals surface area contributed by atoms with Gasteiger partial charge in [-0.2, -0.15) is 13.2 Å². The first-order valence-corrected chi connectivity index (χ1v) is 8.96. The molecule has 28 heavy (non-hydrogen) atoms. The van der Waals surface area contributed by atoms with Crippen LogP contribution in [-0.2, 0) is 0 Å². The quantitative estimate of drug-likeness (QED) is 0.509. The molecule has 0 aromatic heterocycles. The number of rotatable bonds is 7. The van der Waals surface area contributed by atoms with Crippen molar-refractivity contribution in [3.63, 3.8) is 0 Å². The molecule has 0 amide bonds. The molecule has 0 spiro atoms. The van der Waals surface area contributed by atoms with Gasteiger partial charge in [-0.05, 0) is 61.7 Å². The Morgan fingerprint density at radius 1 is 1.18 bits per heavy atom. The molecule has 1 atom stereocenters. The summed E-state index contributed by atoms with van der Waals surface area (Å²) in [6.45, 7) is 5.60. The van der Waals surface area contributed by atoms with Gasteiger partial charge < -0.3 is 14.7 Å². The van der Waals surface area contributed by atoms with Crippen molar-refractivity contribution in [1.82, 2.24) is 4.90 Å². The minimum atomic E-state index is -4.52. The van der Waals surface area contributed by atoms with Crippen LogP contribution in [0, 0.1) is 13.8 Å². The molecule has 0 radical (unpaired) electrons. The van der Waals surface area contributed by atoms with Gasteiger partial charge in [0.1, 0.15) is 17.4 Å². The fraction of sp³-hybridized carbons (Fsp3) is 0.381. The van der Waals surface area contributed by atoms with E-state index in [4.69, 9.17) is 9.84 Å². The lowest BCUT2D eigenvalue weighted by Gasteiger charge is -2.19. The van der Waals surface area contributed by atoms with Crippen molar-refractivity contribution in [2.75, 3.05) is 20.2 Å². The maximum atomic E-state index is 13.1. The van der Waals surface area contributed by atoms with Gasteiger partial charge in [0, 0.05) is 13.6 Å². The smallest absolute Gasteiger partial charge is 0.397 e. The molecule has 0 fully saturated rings. The Bertz CT molecular complexity index is 835. The average Bonchev–Trinajstić information content (AvgIpc) is 2.62. The van der Waals surface area contributed by atoms with Gasteiger partial charge in [0.15, 0.2) is 0 Å². The Morgan fingerprint density at radius 2 is 1.89 bits per heavy atom. The summed E-state index contributed by atoms with van der Waals surface area (Å²) in [4.78, 5) is 6.40. The van der Waals surface area contributed by atoms with Crippen LogP contribution in [0.5, 0.6) is 11.5 Å². The van der Waals surface area contributed by atoms with E-state index in [1.165, 1.54) is 18.2 Å². The normalized spacial score (nSPS) is 13.0. The highest BCUT2D eigenvalue weighted by molar-refractivity contribution is 5.64. The lowest BCUT2D eigenvalue weighted by Crippen LogP contribution is -2.23. The van der Waals surface area contributed by atoms with Crippen molar-refractivity contribution in [3.05, 3.63) is 53.1 Å². The van der Waals surface area contributed by atoms with Crippen LogP contribution in [0.3, 0.4) is 0 Å². The summed E-state index contributed by atoms with van der Waals surface area (Å²) in [5.41, 5.74) is 2.47. The Balaban J connectivity index is 2.28. The average molecular weight is 394 g/mol. The number of halogens is 3. The number of aliphatic hydroxyl groups is 1. The number of aliphatic hydroxyl groups excluding tert-OH is 1. The molecule has 4 nitrogen and oxygen atoms in total. The van der Waals surface area contributed by atoms with Gasteiger partial charge in [0.05, 0.1) is 18.6 Å². The molecule has 0 aliphatic carbocycles. The van der Waals surface area contributed by atoms with Crippen LogP contribution in [-0.4, -0.2) is 42.7 Å². The van der Waals surface area contributed by atoms with E-state index in [9.17, 15) is 13.2 Å². The zero-order valence-corrected chi connectivity index (χ0v) is 16.4. The molecule has 2 aromatic carbocycles. The zero-order valence-electron chi connectivity index (χ0n) is 16.4. The molecule has 0 aliphatic rings. The molecule has 2 rings (SSSR count). The largest absolute Gasteiger partial charge is 0.457 e. The molecule has 152 valence electrons. The van der Waals surface area contributed by atoms with E-state index in [0.717, 1.165) is 23.4 Å². The summed E-state index contributed by atoms with van der Waals surface area (Å²) < 4.78 is 45.0. The topological polar surface area (TPSA) is 45.1 Å². The highest BCUT2D eigenvalue weighted by Gasteiger charge is 2.40. The highest BCUT2D eigenvalue weighted by Crippen LogP contribution is 2.37. The summed E-state index contributed by atoms with van der Waals surface area (Å²) in [5.74, 6) is -1.11. The van der Waals surface area contributed by atoms with E-state index in [1.54, 1.807) is 12.4 Å². The molecule has 0 saturated heterocycles. The van der Waals surface area contributed by atoms with Crippen molar-refractivity contribution in [1.29, 1.82) is 0 Å². The molecule has 0 bridgehead atoms. The van der Waals surface area contributed by atoms with E-state index < -0.39 is 18.7 Å². The lowest BCUT2D eigenvalue weighted by atomic mass is 9.99. The second kappa shape index (κ2) is 9.10. The molecule has 0 aliphatic heterocycles. The van der Waals surface area contributed by atoms with E-state index in [-0.39, 0.29) is 11.3 Å². The minimum Gasteiger partial charge on any atom is -0.457 e. The minimum absolute atomic E-state index is 0.0364. The first kappa shape index (κ1) is 21.8. The van der Waals surface area contributed by atoms with Gasteiger partial charge in [-0.25, -0.2) is 4.99 Å². The Hall–Kier alpha value is -2.54. The molecular formula is C21H25F3N2O2. The van der Waals surface area contributed by atoms with Crippen LogP contribution in [0.2, 0.25) is 0 Å². The number of ether oxygens (including phenoxy) is 1. The van der Waals surface area contributed by atoms with Crippen molar-refractivity contribution in [2.24, 2.45) is 4.99 Å². The number of aryl methyl sites for hydroxylation is 2. The second-order valence-electron chi connectivity index (χ2n) is 6.67. The lowest BCUT2D eigenvalue weighted by molar-refractivity contribution is -0.158. The van der Waals surface area contributed by atoms with Crippen LogP contribution in [0.1, 0.15) is 29.5 Å². The first-order valence-electron chi connectivity index (χ1n) is 8.96. The van der Waals surface area contributed by atoms with E-state index >= 15 is 0 Å². The Labute approximate surface area is 163 Å². The second-order valence-corrected chi connectivity index (χ2v) is 6.67. The highest BCUT2D eigenvalue weighted by atomic mass is 19.4. The summed E-state index contributed by atoms with van der Waals surface area (Å²) in [6.07, 6.45) is -2.77. The van der Waals surface area contributed by atoms with Gasteiger partial charge in [0.2, 0.25) is 0 Å². The summed E-state index contributed by atoms with van der Waals surface area (Å²) in [5, 5.41) is 9.14. The first-order chi connectivity index (χ1) is 13.2. The number of hydrogen-bond donors (Lipinski definition) is 1. The number of nitrogens with zero attached hydrogens (tertiary/aromatic N) is 2. The number of hydrogen-bond acceptors (Lipinski definition) is 3. The van der Waals surface area contributed by atoms with Crippen molar-refractivity contribution < 1.29 is 23.0 Å². The Kier molecular flexibility index (Phi) is 7.07. The fourth-order valence-corrected chi connectivity index (χ4v) is 2.59. The van der Waals surface area contributed by atoms with Crippen LogP contribution in [0.15, 0.2) is 41.4 Å². The molecule has 7 heteroatoms. The molecule has 0 saturated carbocycles. The van der Waals surface area contributed by atoms with Crippen LogP contribution in [0.4, 0.5) is 18.9 Å².